The summed E-state index contributed by atoms with van der Waals surface area (Å²) in [6.45, 7) is 10.8. The first-order valence-electron chi connectivity index (χ1n) is 8.41. The van der Waals surface area contributed by atoms with Crippen molar-refractivity contribution in [1.82, 2.24) is 15.2 Å². The average Bonchev–Trinajstić information content (AvgIpc) is 3.06. The van der Waals surface area contributed by atoms with Gasteiger partial charge in [0.1, 0.15) is 10.6 Å². The Hall–Kier alpha value is -1.14. The third-order valence-corrected chi connectivity index (χ3v) is 4.95. The molecule has 1 amide bonds. The molecule has 5 nitrogen and oxygen atoms in total. The van der Waals surface area contributed by atoms with Gasteiger partial charge in [0, 0.05) is 30.2 Å². The van der Waals surface area contributed by atoms with Crippen molar-refractivity contribution in [3.05, 3.63) is 16.6 Å². The molecule has 0 bridgehead atoms. The molecule has 1 aliphatic rings. The van der Waals surface area contributed by atoms with Crippen LogP contribution in [-0.4, -0.2) is 40.2 Å². The van der Waals surface area contributed by atoms with Crippen LogP contribution in [0.4, 0.5) is 4.79 Å². The number of likely N-dealkylation sites (tertiary alicyclic amines) is 1. The summed E-state index contributed by atoms with van der Waals surface area (Å²) in [5.74, 6) is 0. The second-order valence-electron chi connectivity index (χ2n) is 7.37. The molecule has 0 spiro atoms. The zero-order valence-corrected chi connectivity index (χ0v) is 15.7. The molecule has 1 aromatic rings. The number of hydrogen-bond donors (Lipinski definition) is 1. The standard InChI is InChI=1S/C17H29N3O2S/c1-12(19-13(2)15-18-8-10-23-15)11-14-7-6-9-20(14)16(21)22-17(3,4)5/h8,10,12-14,19H,6-7,9,11H2,1-5H3. The normalized spacial score (nSPS) is 21.3. The van der Waals surface area contributed by atoms with Crippen LogP contribution in [0.1, 0.15) is 64.9 Å². The van der Waals surface area contributed by atoms with Crippen LogP contribution in [0.15, 0.2) is 11.6 Å². The molecular formula is C17H29N3O2S. The van der Waals surface area contributed by atoms with Crippen LogP contribution < -0.4 is 5.32 Å². The smallest absolute Gasteiger partial charge is 0.410 e. The van der Waals surface area contributed by atoms with E-state index in [9.17, 15) is 4.79 Å². The number of aromatic nitrogens is 1. The molecule has 1 aliphatic heterocycles. The number of carbonyl (C=O) groups excluding carboxylic acids is 1. The van der Waals surface area contributed by atoms with Gasteiger partial charge in [0.25, 0.3) is 0 Å². The molecule has 3 unspecified atom stereocenters. The fourth-order valence-corrected chi connectivity index (χ4v) is 3.72. The highest BCUT2D eigenvalue weighted by Gasteiger charge is 2.33. The molecule has 6 heteroatoms. The predicted octanol–water partition coefficient (Wildman–Crippen LogP) is 3.97. The van der Waals surface area contributed by atoms with E-state index in [1.54, 1.807) is 11.3 Å². The summed E-state index contributed by atoms with van der Waals surface area (Å²) in [5, 5.41) is 6.69. The summed E-state index contributed by atoms with van der Waals surface area (Å²) in [6, 6.07) is 0.819. The summed E-state index contributed by atoms with van der Waals surface area (Å²) in [5.41, 5.74) is -0.437. The molecule has 1 saturated heterocycles. The van der Waals surface area contributed by atoms with E-state index in [0.29, 0.717) is 6.04 Å². The molecule has 0 radical (unpaired) electrons. The van der Waals surface area contributed by atoms with Gasteiger partial charge in [0.15, 0.2) is 0 Å². The number of thiazole rings is 1. The Morgan fingerprint density at radius 3 is 2.87 bits per heavy atom. The molecular weight excluding hydrogens is 310 g/mol. The maximum absolute atomic E-state index is 12.3. The van der Waals surface area contributed by atoms with E-state index >= 15 is 0 Å². The van der Waals surface area contributed by atoms with Crippen molar-refractivity contribution in [1.29, 1.82) is 0 Å². The van der Waals surface area contributed by atoms with Crippen molar-refractivity contribution >= 4 is 17.4 Å². The number of amides is 1. The number of ether oxygens (including phenoxy) is 1. The first kappa shape index (κ1) is 18.2. The fraction of sp³-hybridized carbons (Fsp3) is 0.765. The van der Waals surface area contributed by atoms with Gasteiger partial charge in [-0.3, -0.25) is 0 Å². The molecule has 1 fully saturated rings. The van der Waals surface area contributed by atoms with Crippen LogP contribution in [0.5, 0.6) is 0 Å². The summed E-state index contributed by atoms with van der Waals surface area (Å²) in [6.07, 6.45) is 4.70. The number of hydrogen-bond acceptors (Lipinski definition) is 5. The van der Waals surface area contributed by atoms with E-state index in [0.717, 1.165) is 30.8 Å². The molecule has 1 aromatic heterocycles. The lowest BCUT2D eigenvalue weighted by atomic mass is 10.1. The van der Waals surface area contributed by atoms with Crippen molar-refractivity contribution in [3.63, 3.8) is 0 Å². The van der Waals surface area contributed by atoms with Crippen molar-refractivity contribution in [2.24, 2.45) is 0 Å². The topological polar surface area (TPSA) is 54.5 Å². The lowest BCUT2D eigenvalue weighted by Crippen LogP contribution is -2.42. The average molecular weight is 340 g/mol. The molecule has 23 heavy (non-hydrogen) atoms. The maximum atomic E-state index is 12.3. The Kier molecular flexibility index (Phi) is 6.03. The monoisotopic (exact) mass is 339 g/mol. The van der Waals surface area contributed by atoms with E-state index < -0.39 is 5.60 Å². The molecule has 0 saturated carbocycles. The van der Waals surface area contributed by atoms with E-state index in [1.165, 1.54) is 0 Å². The number of nitrogens with one attached hydrogen (secondary N) is 1. The molecule has 2 rings (SSSR count). The van der Waals surface area contributed by atoms with Crippen LogP contribution in [0.2, 0.25) is 0 Å². The van der Waals surface area contributed by atoms with E-state index in [4.69, 9.17) is 4.74 Å². The zero-order valence-electron chi connectivity index (χ0n) is 14.8. The van der Waals surface area contributed by atoms with Gasteiger partial charge in [-0.15, -0.1) is 11.3 Å². The Balaban J connectivity index is 1.86. The van der Waals surface area contributed by atoms with Crippen LogP contribution in [0.25, 0.3) is 0 Å². The van der Waals surface area contributed by atoms with Gasteiger partial charge >= 0.3 is 6.09 Å². The molecule has 1 N–H and O–H groups in total. The second-order valence-corrected chi connectivity index (χ2v) is 8.29. The van der Waals surface area contributed by atoms with Gasteiger partial charge in [-0.1, -0.05) is 0 Å². The first-order valence-corrected chi connectivity index (χ1v) is 9.29. The predicted molar refractivity (Wildman–Crippen MR) is 93.7 cm³/mol. The SMILES string of the molecule is CC(CC1CCCN1C(=O)OC(C)(C)C)NC(C)c1nccs1. The van der Waals surface area contributed by atoms with Gasteiger partial charge in [-0.2, -0.15) is 0 Å². The number of nitrogens with zero attached hydrogens (tertiary/aromatic N) is 2. The quantitative estimate of drug-likeness (QED) is 0.882. The number of rotatable bonds is 5. The lowest BCUT2D eigenvalue weighted by molar-refractivity contribution is 0.0214. The van der Waals surface area contributed by atoms with Crippen LogP contribution >= 0.6 is 11.3 Å². The third-order valence-electron chi connectivity index (χ3n) is 3.99. The first-order chi connectivity index (χ1) is 10.8. The Bertz CT molecular complexity index is 498. The lowest BCUT2D eigenvalue weighted by Gasteiger charge is -2.30. The van der Waals surface area contributed by atoms with Crippen LogP contribution in [0, 0.1) is 0 Å². The minimum absolute atomic E-state index is 0.180. The van der Waals surface area contributed by atoms with E-state index in [2.05, 4.69) is 24.1 Å². The summed E-state index contributed by atoms with van der Waals surface area (Å²) >= 11 is 1.67. The largest absolute Gasteiger partial charge is 0.444 e. The van der Waals surface area contributed by atoms with Gasteiger partial charge in [0.2, 0.25) is 0 Å². The molecule has 130 valence electrons. The fourth-order valence-electron chi connectivity index (χ4n) is 3.06. The van der Waals surface area contributed by atoms with Crippen LogP contribution in [0.3, 0.4) is 0 Å². The molecule has 0 aliphatic carbocycles. The minimum atomic E-state index is -0.437. The molecule has 0 aromatic carbocycles. The van der Waals surface area contributed by atoms with Gasteiger partial charge < -0.3 is 15.0 Å². The Morgan fingerprint density at radius 2 is 2.26 bits per heavy atom. The van der Waals surface area contributed by atoms with Gasteiger partial charge in [-0.25, -0.2) is 9.78 Å². The maximum Gasteiger partial charge on any atom is 0.410 e. The summed E-state index contributed by atoms with van der Waals surface area (Å²) < 4.78 is 5.53. The van der Waals surface area contributed by atoms with Crippen molar-refractivity contribution in [2.45, 2.75) is 77.6 Å². The zero-order chi connectivity index (χ0) is 17.0. The Morgan fingerprint density at radius 1 is 1.52 bits per heavy atom. The summed E-state index contributed by atoms with van der Waals surface area (Å²) in [7, 11) is 0. The van der Waals surface area contributed by atoms with Crippen molar-refractivity contribution < 1.29 is 9.53 Å². The summed E-state index contributed by atoms with van der Waals surface area (Å²) in [4.78, 5) is 18.6. The molecule has 3 atom stereocenters. The van der Waals surface area contributed by atoms with Crippen molar-refractivity contribution in [2.75, 3.05) is 6.54 Å². The second kappa shape index (κ2) is 7.62. The highest BCUT2D eigenvalue weighted by molar-refractivity contribution is 7.09. The minimum Gasteiger partial charge on any atom is -0.444 e. The van der Waals surface area contributed by atoms with Crippen LogP contribution in [-0.2, 0) is 4.74 Å². The Labute approximate surface area is 143 Å². The van der Waals surface area contributed by atoms with Crippen molar-refractivity contribution in [3.8, 4) is 0 Å². The van der Waals surface area contributed by atoms with E-state index in [-0.39, 0.29) is 18.2 Å². The van der Waals surface area contributed by atoms with E-state index in [1.807, 2.05) is 37.2 Å². The molecule has 2 heterocycles. The highest BCUT2D eigenvalue weighted by atomic mass is 32.1. The van der Waals surface area contributed by atoms with Gasteiger partial charge in [0.05, 0.1) is 6.04 Å². The third kappa shape index (κ3) is 5.46. The number of carbonyl (C=O) groups is 1. The highest BCUT2D eigenvalue weighted by Crippen LogP contribution is 2.25. The van der Waals surface area contributed by atoms with Gasteiger partial charge in [-0.05, 0) is 53.9 Å².